The van der Waals surface area contributed by atoms with Crippen LogP contribution in [0.25, 0.3) is 0 Å². The van der Waals surface area contributed by atoms with Crippen LogP contribution < -0.4 is 5.32 Å². The number of nitrogens with one attached hydrogen (secondary N) is 1. The van der Waals surface area contributed by atoms with Gasteiger partial charge < -0.3 is 15.2 Å². The highest BCUT2D eigenvalue weighted by atomic mass is 16.5. The number of hydrogen-bond donors (Lipinski definition) is 2. The Morgan fingerprint density at radius 1 is 1.48 bits per heavy atom. The molecular weight excluding hydrogens is 270 g/mol. The standard InChI is InChI=1S/C15H21N3O3/c1-12(18(7-9-19)8-10-21-2)15(20)17-14-6-4-3-5-13(14)11-16/h3-6,12,19H,7-10H2,1-2H3,(H,17,20). The third-order valence-corrected chi connectivity index (χ3v) is 3.20. The molecule has 21 heavy (non-hydrogen) atoms. The number of ether oxygens (including phenoxy) is 1. The minimum atomic E-state index is -0.431. The first-order valence-corrected chi connectivity index (χ1v) is 6.77. The highest BCUT2D eigenvalue weighted by Crippen LogP contribution is 2.14. The smallest absolute Gasteiger partial charge is 0.241 e. The summed E-state index contributed by atoms with van der Waals surface area (Å²) in [7, 11) is 1.59. The molecule has 1 aromatic rings. The van der Waals surface area contributed by atoms with E-state index in [0.717, 1.165) is 0 Å². The molecule has 0 aliphatic rings. The van der Waals surface area contributed by atoms with E-state index in [1.165, 1.54) is 0 Å². The number of hydrogen-bond acceptors (Lipinski definition) is 5. The number of carbonyl (C=O) groups excluding carboxylic acids is 1. The van der Waals surface area contributed by atoms with E-state index in [0.29, 0.717) is 30.9 Å². The van der Waals surface area contributed by atoms with Crippen LogP contribution in [0.15, 0.2) is 24.3 Å². The van der Waals surface area contributed by atoms with Crippen molar-refractivity contribution in [1.82, 2.24) is 4.90 Å². The van der Waals surface area contributed by atoms with Gasteiger partial charge in [-0.05, 0) is 19.1 Å². The van der Waals surface area contributed by atoms with E-state index in [4.69, 9.17) is 15.1 Å². The Bertz CT molecular complexity index is 499. The molecule has 0 spiro atoms. The first-order valence-electron chi connectivity index (χ1n) is 6.77. The summed E-state index contributed by atoms with van der Waals surface area (Å²) in [6.07, 6.45) is 0. The lowest BCUT2D eigenvalue weighted by molar-refractivity contribution is -0.121. The zero-order valence-corrected chi connectivity index (χ0v) is 12.4. The SMILES string of the molecule is COCCN(CCO)C(C)C(=O)Nc1ccccc1C#N. The second-order valence-corrected chi connectivity index (χ2v) is 4.57. The Morgan fingerprint density at radius 2 is 2.19 bits per heavy atom. The Balaban J connectivity index is 2.74. The van der Waals surface area contributed by atoms with Crippen molar-refractivity contribution in [2.45, 2.75) is 13.0 Å². The molecular formula is C15H21N3O3. The van der Waals surface area contributed by atoms with E-state index in [1.54, 1.807) is 38.3 Å². The summed E-state index contributed by atoms with van der Waals surface area (Å²) in [5, 5.41) is 20.9. The molecule has 0 bridgehead atoms. The number of benzene rings is 1. The third kappa shape index (κ3) is 5.16. The van der Waals surface area contributed by atoms with Gasteiger partial charge in [-0.25, -0.2) is 0 Å². The van der Waals surface area contributed by atoms with Crippen molar-refractivity contribution in [2.24, 2.45) is 0 Å². The van der Waals surface area contributed by atoms with Crippen LogP contribution in [0.1, 0.15) is 12.5 Å². The van der Waals surface area contributed by atoms with Crippen LogP contribution in [0.3, 0.4) is 0 Å². The number of carbonyl (C=O) groups is 1. The third-order valence-electron chi connectivity index (χ3n) is 3.20. The molecule has 1 unspecified atom stereocenters. The van der Waals surface area contributed by atoms with Crippen LogP contribution >= 0.6 is 0 Å². The molecule has 1 aromatic carbocycles. The average Bonchev–Trinajstić information content (AvgIpc) is 2.51. The van der Waals surface area contributed by atoms with Gasteiger partial charge in [-0.2, -0.15) is 5.26 Å². The molecule has 2 N–H and O–H groups in total. The second-order valence-electron chi connectivity index (χ2n) is 4.57. The van der Waals surface area contributed by atoms with Crippen LogP contribution in [-0.4, -0.2) is 55.4 Å². The fourth-order valence-corrected chi connectivity index (χ4v) is 1.93. The number of rotatable bonds is 8. The van der Waals surface area contributed by atoms with E-state index >= 15 is 0 Å². The molecule has 0 heterocycles. The molecule has 0 saturated heterocycles. The number of nitriles is 1. The monoisotopic (exact) mass is 291 g/mol. The summed E-state index contributed by atoms with van der Waals surface area (Å²) >= 11 is 0. The number of methoxy groups -OCH3 is 1. The molecule has 6 nitrogen and oxygen atoms in total. The number of amides is 1. The number of para-hydroxylation sites is 1. The van der Waals surface area contributed by atoms with Crippen LogP contribution in [-0.2, 0) is 9.53 Å². The highest BCUT2D eigenvalue weighted by Gasteiger charge is 2.21. The van der Waals surface area contributed by atoms with Crippen molar-refractivity contribution in [3.05, 3.63) is 29.8 Å². The van der Waals surface area contributed by atoms with Crippen molar-refractivity contribution in [1.29, 1.82) is 5.26 Å². The van der Waals surface area contributed by atoms with Crippen molar-refractivity contribution < 1.29 is 14.6 Å². The summed E-state index contributed by atoms with van der Waals surface area (Å²) < 4.78 is 5.01. The van der Waals surface area contributed by atoms with Crippen molar-refractivity contribution in [3.8, 4) is 6.07 Å². The molecule has 0 saturated carbocycles. The summed E-state index contributed by atoms with van der Waals surface area (Å²) in [5.41, 5.74) is 0.913. The van der Waals surface area contributed by atoms with Gasteiger partial charge in [-0.3, -0.25) is 9.69 Å². The predicted molar refractivity (Wildman–Crippen MR) is 79.8 cm³/mol. The topological polar surface area (TPSA) is 85.6 Å². The van der Waals surface area contributed by atoms with Gasteiger partial charge in [0.2, 0.25) is 5.91 Å². The molecule has 1 atom stereocenters. The van der Waals surface area contributed by atoms with Crippen molar-refractivity contribution >= 4 is 11.6 Å². The summed E-state index contributed by atoms with van der Waals surface area (Å²) in [6.45, 7) is 3.14. The van der Waals surface area contributed by atoms with E-state index in [-0.39, 0.29) is 12.5 Å². The Hall–Kier alpha value is -1.94. The maximum Gasteiger partial charge on any atom is 0.241 e. The largest absolute Gasteiger partial charge is 0.395 e. The minimum Gasteiger partial charge on any atom is -0.395 e. The molecule has 0 aliphatic heterocycles. The Kier molecular flexibility index (Phi) is 7.40. The molecule has 0 radical (unpaired) electrons. The summed E-state index contributed by atoms with van der Waals surface area (Å²) in [5.74, 6) is -0.220. The van der Waals surface area contributed by atoms with E-state index in [9.17, 15) is 4.79 Å². The van der Waals surface area contributed by atoms with Gasteiger partial charge in [-0.15, -0.1) is 0 Å². The molecule has 114 valence electrons. The number of anilines is 1. The zero-order valence-electron chi connectivity index (χ0n) is 12.4. The summed E-state index contributed by atoms with van der Waals surface area (Å²) in [6, 6.07) is 8.45. The van der Waals surface area contributed by atoms with Crippen LogP contribution in [0, 0.1) is 11.3 Å². The molecule has 1 rings (SSSR count). The average molecular weight is 291 g/mol. The van der Waals surface area contributed by atoms with Crippen LogP contribution in [0.5, 0.6) is 0 Å². The van der Waals surface area contributed by atoms with Gasteiger partial charge in [-0.1, -0.05) is 12.1 Å². The minimum absolute atomic E-state index is 0.0316. The van der Waals surface area contributed by atoms with Gasteiger partial charge in [0.15, 0.2) is 0 Å². The fraction of sp³-hybridized carbons (Fsp3) is 0.467. The predicted octanol–water partition coefficient (Wildman–Crippen LogP) is 0.826. The molecule has 0 aliphatic carbocycles. The van der Waals surface area contributed by atoms with Gasteiger partial charge >= 0.3 is 0 Å². The number of nitrogens with zero attached hydrogens (tertiary/aromatic N) is 2. The first-order chi connectivity index (χ1) is 10.1. The molecule has 1 amide bonds. The van der Waals surface area contributed by atoms with E-state index in [1.807, 2.05) is 11.0 Å². The normalized spacial score (nSPS) is 12.0. The van der Waals surface area contributed by atoms with Gasteiger partial charge in [0, 0.05) is 20.2 Å². The van der Waals surface area contributed by atoms with E-state index in [2.05, 4.69) is 5.32 Å². The lowest BCUT2D eigenvalue weighted by atomic mass is 10.2. The maximum atomic E-state index is 12.3. The zero-order chi connectivity index (χ0) is 15.7. The lowest BCUT2D eigenvalue weighted by Crippen LogP contribution is -2.45. The van der Waals surface area contributed by atoms with Crippen molar-refractivity contribution in [3.63, 3.8) is 0 Å². The van der Waals surface area contributed by atoms with Crippen LogP contribution in [0.4, 0.5) is 5.69 Å². The lowest BCUT2D eigenvalue weighted by Gasteiger charge is -2.27. The molecule has 0 fully saturated rings. The quantitative estimate of drug-likeness (QED) is 0.741. The Labute approximate surface area is 124 Å². The van der Waals surface area contributed by atoms with Gasteiger partial charge in [0.1, 0.15) is 6.07 Å². The second kappa shape index (κ2) is 9.08. The van der Waals surface area contributed by atoms with Crippen LogP contribution in [0.2, 0.25) is 0 Å². The summed E-state index contributed by atoms with van der Waals surface area (Å²) in [4.78, 5) is 14.1. The molecule has 0 aromatic heterocycles. The number of aliphatic hydroxyl groups is 1. The van der Waals surface area contributed by atoms with Gasteiger partial charge in [0.05, 0.1) is 30.5 Å². The molecule has 6 heteroatoms. The van der Waals surface area contributed by atoms with E-state index < -0.39 is 6.04 Å². The van der Waals surface area contributed by atoms with Crippen molar-refractivity contribution in [2.75, 3.05) is 38.7 Å². The highest BCUT2D eigenvalue weighted by molar-refractivity contribution is 5.95. The number of aliphatic hydroxyl groups excluding tert-OH is 1. The maximum absolute atomic E-state index is 12.3. The Morgan fingerprint density at radius 3 is 2.81 bits per heavy atom. The first kappa shape index (κ1) is 17.1. The van der Waals surface area contributed by atoms with Gasteiger partial charge in [0.25, 0.3) is 0 Å². The fourth-order valence-electron chi connectivity index (χ4n) is 1.93.